The average Bonchev–Trinajstić information content (AvgIpc) is 3.43. The average molecular weight is 420 g/mol. The van der Waals surface area contributed by atoms with E-state index >= 15 is 0 Å². The molecule has 9 heteroatoms. The van der Waals surface area contributed by atoms with Gasteiger partial charge in [0.25, 0.3) is 17.5 Å². The van der Waals surface area contributed by atoms with Crippen LogP contribution in [0.1, 0.15) is 32.8 Å². The van der Waals surface area contributed by atoms with E-state index in [4.69, 9.17) is 8.94 Å². The summed E-state index contributed by atoms with van der Waals surface area (Å²) in [6.45, 7) is 2.46. The van der Waals surface area contributed by atoms with Crippen molar-refractivity contribution in [3.8, 4) is 17.2 Å². The lowest BCUT2D eigenvalue weighted by atomic mass is 10.1. The van der Waals surface area contributed by atoms with Crippen LogP contribution in [0.4, 0.5) is 0 Å². The van der Waals surface area contributed by atoms with Gasteiger partial charge in [0.05, 0.1) is 22.9 Å². The molecular weight excluding hydrogens is 400 g/mol. The number of hydrogen-bond acceptors (Lipinski definition) is 7. The lowest BCUT2D eigenvalue weighted by Crippen LogP contribution is -2.30. The van der Waals surface area contributed by atoms with Gasteiger partial charge >= 0.3 is 0 Å². The van der Waals surface area contributed by atoms with Crippen molar-refractivity contribution in [3.63, 3.8) is 0 Å². The van der Waals surface area contributed by atoms with Gasteiger partial charge < -0.3 is 24.7 Å². The van der Waals surface area contributed by atoms with Gasteiger partial charge in [-0.2, -0.15) is 0 Å². The Balaban J connectivity index is 1.38. The van der Waals surface area contributed by atoms with Crippen LogP contribution in [0.2, 0.25) is 0 Å². The number of nitrogens with one attached hydrogen (secondary N) is 2. The minimum atomic E-state index is -0.300. The van der Waals surface area contributed by atoms with Gasteiger partial charge in [-0.1, -0.05) is 11.2 Å². The molecule has 0 saturated carbocycles. The molecule has 3 aromatic heterocycles. The number of amides is 2. The number of aromatic nitrogens is 2. The molecule has 1 aromatic carbocycles. The second kappa shape index (κ2) is 8.70. The van der Waals surface area contributed by atoms with Gasteiger partial charge in [-0.05, 0) is 49.7 Å². The van der Waals surface area contributed by atoms with Crippen LogP contribution < -0.4 is 10.6 Å². The van der Waals surface area contributed by atoms with Crippen LogP contribution in [0.5, 0.6) is 5.75 Å². The number of fused-ring (bicyclic) bond motifs is 1. The Bertz CT molecular complexity index is 1230. The van der Waals surface area contributed by atoms with E-state index in [0.29, 0.717) is 53.2 Å². The maximum absolute atomic E-state index is 12.8. The molecule has 0 fully saturated rings. The third-order valence-electron chi connectivity index (χ3n) is 4.67. The number of furan rings is 1. The number of aromatic hydroxyl groups is 1. The maximum Gasteiger partial charge on any atom is 0.259 e. The summed E-state index contributed by atoms with van der Waals surface area (Å²) in [6.07, 6.45) is 2.05. The summed E-state index contributed by atoms with van der Waals surface area (Å²) in [6, 6.07) is 11.2. The first-order valence-corrected chi connectivity index (χ1v) is 9.69. The minimum absolute atomic E-state index is 0.0292. The number of phenolic OH excluding ortho intramolecular Hbond substituents is 1. The summed E-state index contributed by atoms with van der Waals surface area (Å²) >= 11 is 0. The Labute approximate surface area is 177 Å². The molecular formula is C22H20N4O5. The molecule has 0 aliphatic heterocycles. The van der Waals surface area contributed by atoms with Crippen molar-refractivity contribution in [1.29, 1.82) is 0 Å². The lowest BCUT2D eigenvalue weighted by molar-refractivity contribution is 0.0952. The second-order valence-corrected chi connectivity index (χ2v) is 6.90. The highest BCUT2D eigenvalue weighted by Crippen LogP contribution is 2.27. The zero-order valence-electron chi connectivity index (χ0n) is 16.7. The first kappa shape index (κ1) is 20.1. The minimum Gasteiger partial charge on any atom is -0.508 e. The zero-order chi connectivity index (χ0) is 21.8. The summed E-state index contributed by atoms with van der Waals surface area (Å²) in [5, 5.41) is 19.5. The summed E-state index contributed by atoms with van der Waals surface area (Å²) in [5.74, 6) is -0.0479. The molecule has 158 valence electrons. The molecule has 3 heterocycles. The normalized spacial score (nSPS) is 10.9. The Kier molecular flexibility index (Phi) is 5.65. The van der Waals surface area contributed by atoms with Crippen molar-refractivity contribution in [3.05, 3.63) is 65.5 Å². The fourth-order valence-electron chi connectivity index (χ4n) is 3.16. The smallest absolute Gasteiger partial charge is 0.259 e. The van der Waals surface area contributed by atoms with E-state index in [1.54, 1.807) is 37.3 Å². The van der Waals surface area contributed by atoms with Gasteiger partial charge in [-0.25, -0.2) is 4.98 Å². The van der Waals surface area contributed by atoms with Crippen LogP contribution >= 0.6 is 0 Å². The highest BCUT2D eigenvalue weighted by Gasteiger charge is 2.20. The highest BCUT2D eigenvalue weighted by atomic mass is 16.5. The number of carbonyl (C=O) groups excluding carboxylic acids is 2. The van der Waals surface area contributed by atoms with E-state index in [1.165, 1.54) is 18.4 Å². The summed E-state index contributed by atoms with van der Waals surface area (Å²) < 4.78 is 10.6. The standard InChI is InChI=1S/C22H20N4O5/c1-13-19-16(12-17(18-7-3-10-30-18)25-22(19)31-26-13)21(29)24-9-4-8-23-20(28)14-5-2-6-15(27)11-14/h2-3,5-7,10-12,27H,4,8-9H2,1H3,(H,23,28)(H,24,29). The third kappa shape index (κ3) is 4.40. The molecule has 31 heavy (non-hydrogen) atoms. The fourth-order valence-corrected chi connectivity index (χ4v) is 3.16. The zero-order valence-corrected chi connectivity index (χ0v) is 16.7. The third-order valence-corrected chi connectivity index (χ3v) is 4.67. The molecule has 0 aliphatic rings. The molecule has 0 saturated heterocycles. The Hall–Kier alpha value is -4.14. The van der Waals surface area contributed by atoms with E-state index in [0.717, 1.165) is 0 Å². The van der Waals surface area contributed by atoms with Crippen molar-refractivity contribution in [2.24, 2.45) is 0 Å². The quantitative estimate of drug-likeness (QED) is 0.392. The summed E-state index contributed by atoms with van der Waals surface area (Å²) in [5.41, 5.74) is 2.06. The molecule has 0 aliphatic carbocycles. The van der Waals surface area contributed by atoms with Gasteiger partial charge in [-0.3, -0.25) is 9.59 Å². The van der Waals surface area contributed by atoms with Crippen molar-refractivity contribution in [1.82, 2.24) is 20.8 Å². The monoisotopic (exact) mass is 420 g/mol. The SMILES string of the molecule is Cc1noc2nc(-c3ccco3)cc(C(=O)NCCCNC(=O)c3cccc(O)c3)c12. The van der Waals surface area contributed by atoms with Crippen molar-refractivity contribution in [2.75, 3.05) is 13.1 Å². The lowest BCUT2D eigenvalue weighted by Gasteiger charge is -2.08. The summed E-state index contributed by atoms with van der Waals surface area (Å²) in [4.78, 5) is 29.3. The largest absolute Gasteiger partial charge is 0.508 e. The van der Waals surface area contributed by atoms with Gasteiger partial charge in [0, 0.05) is 18.7 Å². The molecule has 2 amide bonds. The van der Waals surface area contributed by atoms with Gasteiger partial charge in [0.15, 0.2) is 5.76 Å². The molecule has 4 aromatic rings. The van der Waals surface area contributed by atoms with E-state index in [9.17, 15) is 14.7 Å². The second-order valence-electron chi connectivity index (χ2n) is 6.90. The maximum atomic E-state index is 12.8. The molecule has 0 bridgehead atoms. The predicted octanol–water partition coefficient (Wildman–Crippen LogP) is 3.05. The van der Waals surface area contributed by atoms with E-state index in [1.807, 2.05) is 0 Å². The predicted molar refractivity (Wildman–Crippen MR) is 112 cm³/mol. The van der Waals surface area contributed by atoms with Crippen LogP contribution in [-0.2, 0) is 0 Å². The molecule has 0 radical (unpaired) electrons. The number of rotatable bonds is 7. The van der Waals surface area contributed by atoms with Crippen molar-refractivity contribution >= 4 is 22.9 Å². The van der Waals surface area contributed by atoms with Crippen molar-refractivity contribution in [2.45, 2.75) is 13.3 Å². The van der Waals surface area contributed by atoms with E-state index < -0.39 is 0 Å². The van der Waals surface area contributed by atoms with Crippen LogP contribution in [0, 0.1) is 6.92 Å². The van der Waals surface area contributed by atoms with Crippen LogP contribution in [-0.4, -0.2) is 40.2 Å². The topological polar surface area (TPSA) is 130 Å². The summed E-state index contributed by atoms with van der Waals surface area (Å²) in [7, 11) is 0. The number of hydrogen-bond donors (Lipinski definition) is 3. The Morgan fingerprint density at radius 2 is 1.87 bits per heavy atom. The number of pyridine rings is 1. The molecule has 3 N–H and O–H groups in total. The molecule has 4 rings (SSSR count). The Morgan fingerprint density at radius 1 is 1.06 bits per heavy atom. The van der Waals surface area contributed by atoms with Crippen LogP contribution in [0.25, 0.3) is 22.6 Å². The first-order valence-electron chi connectivity index (χ1n) is 9.69. The van der Waals surface area contributed by atoms with Crippen LogP contribution in [0.3, 0.4) is 0 Å². The molecule has 0 atom stereocenters. The molecule has 0 unspecified atom stereocenters. The number of carbonyl (C=O) groups is 2. The Morgan fingerprint density at radius 3 is 2.61 bits per heavy atom. The number of phenols is 1. The van der Waals surface area contributed by atoms with Gasteiger partial charge in [0.2, 0.25) is 0 Å². The molecule has 9 nitrogen and oxygen atoms in total. The van der Waals surface area contributed by atoms with Gasteiger partial charge in [-0.15, -0.1) is 0 Å². The van der Waals surface area contributed by atoms with E-state index in [2.05, 4.69) is 20.8 Å². The van der Waals surface area contributed by atoms with E-state index in [-0.39, 0.29) is 23.3 Å². The fraction of sp³-hybridized carbons (Fsp3) is 0.182. The number of nitrogens with zero attached hydrogens (tertiary/aromatic N) is 2. The number of aryl methyl sites for hydroxylation is 1. The van der Waals surface area contributed by atoms with Gasteiger partial charge in [0.1, 0.15) is 11.4 Å². The first-order chi connectivity index (χ1) is 15.0. The van der Waals surface area contributed by atoms with Crippen LogP contribution in [0.15, 0.2) is 57.7 Å². The highest BCUT2D eigenvalue weighted by molar-refractivity contribution is 6.06. The van der Waals surface area contributed by atoms with Crippen molar-refractivity contribution < 1.29 is 23.6 Å². The molecule has 0 spiro atoms. The number of benzene rings is 1.